The van der Waals surface area contributed by atoms with E-state index in [1.807, 2.05) is 0 Å². The predicted molar refractivity (Wildman–Crippen MR) is 62.4 cm³/mol. The van der Waals surface area contributed by atoms with Crippen LogP contribution in [0.2, 0.25) is 0 Å². The van der Waals surface area contributed by atoms with Gasteiger partial charge in [0.2, 0.25) is 5.91 Å². The van der Waals surface area contributed by atoms with Crippen molar-refractivity contribution >= 4 is 12.0 Å². The van der Waals surface area contributed by atoms with E-state index < -0.39 is 0 Å². The molecule has 0 radical (unpaired) electrons. The number of carbonyl (C=O) groups is 2. The number of likely N-dealkylation sites (tertiary alicyclic amines) is 1. The Labute approximate surface area is 101 Å². The summed E-state index contributed by atoms with van der Waals surface area (Å²) >= 11 is 0. The molecule has 0 bridgehead atoms. The monoisotopic (exact) mass is 238 g/mol. The van der Waals surface area contributed by atoms with E-state index >= 15 is 0 Å². The molecule has 2 fully saturated rings. The maximum atomic E-state index is 11.6. The summed E-state index contributed by atoms with van der Waals surface area (Å²) < 4.78 is 4.99. The van der Waals surface area contributed by atoms with Gasteiger partial charge in [0.15, 0.2) is 0 Å². The lowest BCUT2D eigenvalue weighted by molar-refractivity contribution is -0.119. The molecule has 0 atom stereocenters. The first-order valence-electron chi connectivity index (χ1n) is 5.94. The zero-order chi connectivity index (χ0) is 12.3. The van der Waals surface area contributed by atoms with Crippen LogP contribution in [0.4, 0.5) is 4.79 Å². The van der Waals surface area contributed by atoms with Crippen LogP contribution in [0, 0.1) is 5.41 Å². The van der Waals surface area contributed by atoms with E-state index in [0.29, 0.717) is 19.5 Å². The van der Waals surface area contributed by atoms with Crippen molar-refractivity contribution in [2.75, 3.05) is 26.2 Å². The van der Waals surface area contributed by atoms with Crippen molar-refractivity contribution in [1.29, 1.82) is 0 Å². The van der Waals surface area contributed by atoms with Crippen molar-refractivity contribution < 1.29 is 14.3 Å². The molecular formula is C12H18N2O3. The predicted octanol–water partition coefficient (Wildman–Crippen LogP) is 0.911. The number of amides is 2. The normalized spacial score (nSPS) is 22.4. The molecule has 0 saturated carbocycles. The Morgan fingerprint density at radius 2 is 2.24 bits per heavy atom. The van der Waals surface area contributed by atoms with Gasteiger partial charge in [-0.15, -0.1) is 0 Å². The zero-order valence-corrected chi connectivity index (χ0v) is 9.91. The van der Waals surface area contributed by atoms with Crippen LogP contribution < -0.4 is 5.32 Å². The molecule has 2 aliphatic rings. The summed E-state index contributed by atoms with van der Waals surface area (Å²) in [6.07, 6.45) is 3.62. The average molecular weight is 238 g/mol. The SMILES string of the molecule is C=CCOC(=O)N1CCC2(CC1)CNC(=O)C2. The van der Waals surface area contributed by atoms with Gasteiger partial charge in [0, 0.05) is 26.1 Å². The summed E-state index contributed by atoms with van der Waals surface area (Å²) in [6, 6.07) is 0. The first-order chi connectivity index (χ1) is 8.15. The highest BCUT2D eigenvalue weighted by Gasteiger charge is 2.41. The zero-order valence-electron chi connectivity index (χ0n) is 9.91. The molecule has 1 spiro atoms. The molecule has 0 aromatic rings. The van der Waals surface area contributed by atoms with E-state index in [9.17, 15) is 9.59 Å². The average Bonchev–Trinajstić information content (AvgIpc) is 2.68. The molecule has 0 aromatic carbocycles. The Morgan fingerprint density at radius 3 is 2.76 bits per heavy atom. The molecule has 2 aliphatic heterocycles. The van der Waals surface area contributed by atoms with Gasteiger partial charge in [-0.3, -0.25) is 4.79 Å². The van der Waals surface area contributed by atoms with Gasteiger partial charge in [-0.2, -0.15) is 0 Å². The quantitative estimate of drug-likeness (QED) is 0.727. The lowest BCUT2D eigenvalue weighted by atomic mass is 9.78. The third-order valence-electron chi connectivity index (χ3n) is 3.60. The number of ether oxygens (including phenoxy) is 1. The lowest BCUT2D eigenvalue weighted by Crippen LogP contribution is -2.44. The van der Waals surface area contributed by atoms with Crippen LogP contribution in [0.5, 0.6) is 0 Å². The summed E-state index contributed by atoms with van der Waals surface area (Å²) in [6.45, 7) is 5.85. The van der Waals surface area contributed by atoms with Crippen LogP contribution >= 0.6 is 0 Å². The van der Waals surface area contributed by atoms with Crippen LogP contribution in [0.3, 0.4) is 0 Å². The standard InChI is InChI=1S/C12H18N2O3/c1-2-7-17-11(16)14-5-3-12(4-6-14)8-10(15)13-9-12/h2H,1,3-9H2,(H,13,15). The molecule has 2 heterocycles. The fraction of sp³-hybridized carbons (Fsp3) is 0.667. The Hall–Kier alpha value is -1.52. The number of nitrogens with zero attached hydrogens (tertiary/aromatic N) is 1. The third kappa shape index (κ3) is 2.60. The first-order valence-corrected chi connectivity index (χ1v) is 5.94. The number of hydrogen-bond acceptors (Lipinski definition) is 3. The summed E-state index contributed by atoms with van der Waals surface area (Å²) in [5.74, 6) is 0.132. The van der Waals surface area contributed by atoms with E-state index in [-0.39, 0.29) is 24.0 Å². The van der Waals surface area contributed by atoms with E-state index in [1.165, 1.54) is 0 Å². The van der Waals surface area contributed by atoms with Crippen LogP contribution in [0.1, 0.15) is 19.3 Å². The molecule has 2 rings (SSSR count). The van der Waals surface area contributed by atoms with Crippen LogP contribution in [-0.4, -0.2) is 43.1 Å². The Kier molecular flexibility index (Phi) is 3.36. The molecule has 0 unspecified atom stereocenters. The maximum absolute atomic E-state index is 11.6. The summed E-state index contributed by atoms with van der Waals surface area (Å²) in [5.41, 5.74) is 0.0757. The van der Waals surface area contributed by atoms with Gasteiger partial charge in [0.1, 0.15) is 6.61 Å². The minimum Gasteiger partial charge on any atom is -0.445 e. The van der Waals surface area contributed by atoms with Gasteiger partial charge in [-0.25, -0.2) is 4.79 Å². The van der Waals surface area contributed by atoms with Crippen molar-refractivity contribution in [1.82, 2.24) is 10.2 Å². The fourth-order valence-corrected chi connectivity index (χ4v) is 2.49. The molecule has 0 aromatic heterocycles. The summed E-state index contributed by atoms with van der Waals surface area (Å²) in [7, 11) is 0. The van der Waals surface area contributed by atoms with Crippen molar-refractivity contribution in [2.24, 2.45) is 5.41 Å². The fourth-order valence-electron chi connectivity index (χ4n) is 2.49. The van der Waals surface area contributed by atoms with Gasteiger partial charge >= 0.3 is 6.09 Å². The molecule has 94 valence electrons. The molecule has 0 aliphatic carbocycles. The summed E-state index contributed by atoms with van der Waals surface area (Å²) in [5, 5.41) is 2.87. The largest absolute Gasteiger partial charge is 0.445 e. The Morgan fingerprint density at radius 1 is 1.53 bits per heavy atom. The second kappa shape index (κ2) is 4.77. The second-order valence-electron chi connectivity index (χ2n) is 4.81. The molecule has 5 nitrogen and oxygen atoms in total. The number of hydrogen-bond donors (Lipinski definition) is 1. The highest BCUT2D eigenvalue weighted by molar-refractivity contribution is 5.79. The van der Waals surface area contributed by atoms with Gasteiger partial charge in [0.05, 0.1) is 0 Å². The number of carbonyl (C=O) groups excluding carboxylic acids is 2. The first kappa shape index (κ1) is 12.0. The lowest BCUT2D eigenvalue weighted by Gasteiger charge is -2.37. The number of piperidine rings is 1. The van der Waals surface area contributed by atoms with E-state index in [4.69, 9.17) is 4.74 Å². The maximum Gasteiger partial charge on any atom is 0.410 e. The van der Waals surface area contributed by atoms with E-state index in [1.54, 1.807) is 11.0 Å². The molecule has 5 heteroatoms. The smallest absolute Gasteiger partial charge is 0.410 e. The van der Waals surface area contributed by atoms with Crippen LogP contribution in [-0.2, 0) is 9.53 Å². The highest BCUT2D eigenvalue weighted by atomic mass is 16.6. The van der Waals surface area contributed by atoms with Crippen LogP contribution in [0.25, 0.3) is 0 Å². The number of nitrogens with one attached hydrogen (secondary N) is 1. The topological polar surface area (TPSA) is 58.6 Å². The molecule has 1 N–H and O–H groups in total. The molecular weight excluding hydrogens is 220 g/mol. The van der Waals surface area contributed by atoms with Crippen molar-refractivity contribution in [3.05, 3.63) is 12.7 Å². The minimum atomic E-state index is -0.281. The van der Waals surface area contributed by atoms with Crippen LogP contribution in [0.15, 0.2) is 12.7 Å². The Balaban J connectivity index is 1.83. The van der Waals surface area contributed by atoms with Gasteiger partial charge < -0.3 is 15.0 Å². The molecule has 2 amide bonds. The second-order valence-corrected chi connectivity index (χ2v) is 4.81. The summed E-state index contributed by atoms with van der Waals surface area (Å²) in [4.78, 5) is 24.5. The van der Waals surface area contributed by atoms with Gasteiger partial charge in [0.25, 0.3) is 0 Å². The van der Waals surface area contributed by atoms with Gasteiger partial charge in [-0.1, -0.05) is 12.7 Å². The molecule has 2 saturated heterocycles. The van der Waals surface area contributed by atoms with E-state index in [2.05, 4.69) is 11.9 Å². The molecule has 17 heavy (non-hydrogen) atoms. The Bertz CT molecular complexity index is 333. The van der Waals surface area contributed by atoms with Crippen molar-refractivity contribution in [2.45, 2.75) is 19.3 Å². The number of rotatable bonds is 2. The van der Waals surface area contributed by atoms with Crippen molar-refractivity contribution in [3.8, 4) is 0 Å². The third-order valence-corrected chi connectivity index (χ3v) is 3.60. The highest BCUT2D eigenvalue weighted by Crippen LogP contribution is 2.37. The minimum absolute atomic E-state index is 0.0757. The van der Waals surface area contributed by atoms with Gasteiger partial charge in [-0.05, 0) is 18.3 Å². The van der Waals surface area contributed by atoms with Crippen molar-refractivity contribution in [3.63, 3.8) is 0 Å². The van der Waals surface area contributed by atoms with E-state index in [0.717, 1.165) is 19.4 Å².